The smallest absolute Gasteiger partial charge is 0.151 e. The summed E-state index contributed by atoms with van der Waals surface area (Å²) in [6.45, 7) is 2.08. The predicted octanol–water partition coefficient (Wildman–Crippen LogP) is 1.86. The van der Waals surface area contributed by atoms with Gasteiger partial charge in [0, 0.05) is 22.1 Å². The van der Waals surface area contributed by atoms with Crippen molar-refractivity contribution in [1.29, 1.82) is 0 Å². The first-order chi connectivity index (χ1) is 8.00. The first-order valence-electron chi connectivity index (χ1n) is 5.81. The summed E-state index contributed by atoms with van der Waals surface area (Å²) in [5, 5.41) is 0. The predicted molar refractivity (Wildman–Crippen MR) is 69.2 cm³/mol. The van der Waals surface area contributed by atoms with Crippen molar-refractivity contribution in [2.24, 2.45) is 5.92 Å². The van der Waals surface area contributed by atoms with Crippen LogP contribution in [0.2, 0.25) is 0 Å². The number of hydrogen-bond donors (Lipinski definition) is 0. The lowest BCUT2D eigenvalue weighted by molar-refractivity contribution is -0.121. The molecule has 94 valence electrons. The van der Waals surface area contributed by atoms with Crippen molar-refractivity contribution in [3.63, 3.8) is 0 Å². The summed E-state index contributed by atoms with van der Waals surface area (Å²) in [7, 11) is -2.95. The summed E-state index contributed by atoms with van der Waals surface area (Å²) in [6, 6.07) is 4.02. The van der Waals surface area contributed by atoms with Crippen molar-refractivity contribution in [2.45, 2.75) is 26.2 Å². The molecule has 17 heavy (non-hydrogen) atoms. The van der Waals surface area contributed by atoms with Gasteiger partial charge in [-0.05, 0) is 25.0 Å². The molecule has 0 saturated carbocycles. The molecular weight excluding hydrogens is 256 g/mol. The molecule has 0 aromatic carbocycles. The molecule has 0 radical (unpaired) electrons. The Morgan fingerprint density at radius 1 is 1.41 bits per heavy atom. The van der Waals surface area contributed by atoms with E-state index < -0.39 is 9.84 Å². The average molecular weight is 272 g/mol. The number of ketones is 1. The number of rotatable bonds is 4. The van der Waals surface area contributed by atoms with Gasteiger partial charge in [0.1, 0.15) is 5.78 Å². The molecule has 1 unspecified atom stereocenters. The average Bonchev–Trinajstić information content (AvgIpc) is 2.84. The fraction of sp³-hybridized carbons (Fsp3) is 0.583. The number of carbonyl (C=O) groups excluding carboxylic acids is 1. The summed E-state index contributed by atoms with van der Waals surface area (Å²) in [5.74, 6) is 0.0362. The third-order valence-corrected chi connectivity index (χ3v) is 6.10. The van der Waals surface area contributed by atoms with E-state index >= 15 is 0 Å². The maximum absolute atomic E-state index is 11.9. The van der Waals surface area contributed by atoms with Gasteiger partial charge < -0.3 is 0 Å². The van der Waals surface area contributed by atoms with E-state index in [0.29, 0.717) is 12.8 Å². The maximum Gasteiger partial charge on any atom is 0.151 e. The Bertz CT molecular complexity index is 514. The van der Waals surface area contributed by atoms with Gasteiger partial charge in [-0.1, -0.05) is 6.92 Å². The fourth-order valence-electron chi connectivity index (χ4n) is 2.07. The third kappa shape index (κ3) is 3.16. The van der Waals surface area contributed by atoms with Crippen LogP contribution in [0, 0.1) is 5.92 Å². The standard InChI is InChI=1S/C12H16O3S2/c1-2-10-3-4-11(16-10)7-12(13)9-5-6-17(14,15)8-9/h3-4,9H,2,5-8H2,1H3. The van der Waals surface area contributed by atoms with Crippen LogP contribution in [0.25, 0.3) is 0 Å². The Balaban J connectivity index is 1.98. The summed E-state index contributed by atoms with van der Waals surface area (Å²) >= 11 is 1.65. The Morgan fingerprint density at radius 2 is 2.12 bits per heavy atom. The molecule has 0 spiro atoms. The van der Waals surface area contributed by atoms with Crippen LogP contribution in [-0.4, -0.2) is 25.7 Å². The topological polar surface area (TPSA) is 51.2 Å². The van der Waals surface area contributed by atoms with Gasteiger partial charge in [-0.2, -0.15) is 0 Å². The molecule has 1 fully saturated rings. The van der Waals surface area contributed by atoms with Crippen LogP contribution < -0.4 is 0 Å². The minimum atomic E-state index is -2.95. The van der Waals surface area contributed by atoms with Crippen molar-refractivity contribution in [2.75, 3.05) is 11.5 Å². The maximum atomic E-state index is 11.9. The fourth-order valence-corrected chi connectivity index (χ4v) is 4.82. The summed E-state index contributed by atoms with van der Waals surface area (Å²) < 4.78 is 22.6. The number of aryl methyl sites for hydroxylation is 1. The quantitative estimate of drug-likeness (QED) is 0.840. The highest BCUT2D eigenvalue weighted by Crippen LogP contribution is 2.23. The van der Waals surface area contributed by atoms with Crippen LogP contribution in [0.1, 0.15) is 23.1 Å². The molecule has 1 aliphatic heterocycles. The SMILES string of the molecule is CCc1ccc(CC(=O)C2CCS(=O)(=O)C2)s1. The number of hydrogen-bond acceptors (Lipinski definition) is 4. The second-order valence-electron chi connectivity index (χ2n) is 4.46. The van der Waals surface area contributed by atoms with Gasteiger partial charge in [0.2, 0.25) is 0 Å². The molecule has 1 atom stereocenters. The molecule has 0 amide bonds. The number of Topliss-reactive ketones (excluding diaryl/α,β-unsaturated/α-hetero) is 1. The Labute approximate surface area is 106 Å². The zero-order valence-electron chi connectivity index (χ0n) is 9.81. The van der Waals surface area contributed by atoms with Crippen molar-refractivity contribution >= 4 is 27.0 Å². The monoisotopic (exact) mass is 272 g/mol. The Morgan fingerprint density at radius 3 is 2.65 bits per heavy atom. The van der Waals surface area contributed by atoms with Crippen LogP contribution in [-0.2, 0) is 27.5 Å². The molecule has 0 N–H and O–H groups in total. The second-order valence-corrected chi connectivity index (χ2v) is 7.95. The third-order valence-electron chi connectivity index (χ3n) is 3.10. The van der Waals surface area contributed by atoms with Gasteiger partial charge in [0.05, 0.1) is 11.5 Å². The molecule has 5 heteroatoms. The molecular formula is C12H16O3S2. The van der Waals surface area contributed by atoms with Crippen LogP contribution >= 0.6 is 11.3 Å². The zero-order valence-corrected chi connectivity index (χ0v) is 11.4. The van der Waals surface area contributed by atoms with E-state index in [4.69, 9.17) is 0 Å². The Hall–Kier alpha value is -0.680. The van der Waals surface area contributed by atoms with Crippen LogP contribution in [0.15, 0.2) is 12.1 Å². The molecule has 0 bridgehead atoms. The molecule has 1 aromatic heterocycles. The minimum Gasteiger partial charge on any atom is -0.299 e. The molecule has 2 rings (SSSR count). The molecule has 0 aliphatic carbocycles. The second kappa shape index (κ2) is 4.90. The van der Waals surface area contributed by atoms with E-state index in [9.17, 15) is 13.2 Å². The highest BCUT2D eigenvalue weighted by Gasteiger charge is 2.32. The van der Waals surface area contributed by atoms with Gasteiger partial charge >= 0.3 is 0 Å². The lowest BCUT2D eigenvalue weighted by atomic mass is 10.0. The molecule has 3 nitrogen and oxygen atoms in total. The Kier molecular flexibility index (Phi) is 3.68. The van der Waals surface area contributed by atoms with E-state index in [1.54, 1.807) is 11.3 Å². The highest BCUT2D eigenvalue weighted by molar-refractivity contribution is 7.91. The van der Waals surface area contributed by atoms with E-state index in [0.717, 1.165) is 11.3 Å². The van der Waals surface area contributed by atoms with Gasteiger partial charge in [0.25, 0.3) is 0 Å². The summed E-state index contributed by atoms with van der Waals surface area (Å²) in [5.41, 5.74) is 0. The number of thiophene rings is 1. The van der Waals surface area contributed by atoms with Gasteiger partial charge in [-0.25, -0.2) is 8.42 Å². The van der Waals surface area contributed by atoms with Crippen molar-refractivity contribution in [1.82, 2.24) is 0 Å². The number of sulfone groups is 1. The molecule has 1 aliphatic rings. The molecule has 2 heterocycles. The lowest BCUT2D eigenvalue weighted by Crippen LogP contribution is -2.17. The normalized spacial score (nSPS) is 22.8. The van der Waals surface area contributed by atoms with E-state index in [-0.39, 0.29) is 23.2 Å². The zero-order chi connectivity index (χ0) is 12.5. The molecule has 1 aromatic rings. The van der Waals surface area contributed by atoms with E-state index in [1.807, 2.05) is 12.1 Å². The van der Waals surface area contributed by atoms with E-state index in [2.05, 4.69) is 6.92 Å². The first kappa shape index (κ1) is 12.8. The largest absolute Gasteiger partial charge is 0.299 e. The highest BCUT2D eigenvalue weighted by atomic mass is 32.2. The van der Waals surface area contributed by atoms with Crippen molar-refractivity contribution in [3.8, 4) is 0 Å². The minimum absolute atomic E-state index is 0.0534. The lowest BCUT2D eigenvalue weighted by Gasteiger charge is -2.04. The van der Waals surface area contributed by atoms with Crippen molar-refractivity contribution in [3.05, 3.63) is 21.9 Å². The number of carbonyl (C=O) groups is 1. The first-order valence-corrected chi connectivity index (χ1v) is 8.44. The van der Waals surface area contributed by atoms with Gasteiger partial charge in [0.15, 0.2) is 9.84 Å². The van der Waals surface area contributed by atoms with Crippen LogP contribution in [0.3, 0.4) is 0 Å². The van der Waals surface area contributed by atoms with Crippen LogP contribution in [0.4, 0.5) is 0 Å². The van der Waals surface area contributed by atoms with Crippen LogP contribution in [0.5, 0.6) is 0 Å². The van der Waals surface area contributed by atoms with E-state index in [1.165, 1.54) is 4.88 Å². The summed E-state index contributed by atoms with van der Waals surface area (Å²) in [6.07, 6.45) is 1.88. The van der Waals surface area contributed by atoms with Gasteiger partial charge in [-0.15, -0.1) is 11.3 Å². The van der Waals surface area contributed by atoms with Crippen molar-refractivity contribution < 1.29 is 13.2 Å². The molecule has 1 saturated heterocycles. The summed E-state index contributed by atoms with van der Waals surface area (Å²) in [4.78, 5) is 14.3. The van der Waals surface area contributed by atoms with Gasteiger partial charge in [-0.3, -0.25) is 4.79 Å².